The lowest BCUT2D eigenvalue weighted by Crippen LogP contribution is -2.38. The molecule has 7 nitrogen and oxygen atoms in total. The van der Waals surface area contributed by atoms with Crippen LogP contribution in [0.3, 0.4) is 0 Å². The number of hydrogen-bond acceptors (Lipinski definition) is 4. The highest BCUT2D eigenvalue weighted by Gasteiger charge is 2.29. The van der Waals surface area contributed by atoms with Gasteiger partial charge in [-0.1, -0.05) is 6.07 Å². The quantitative estimate of drug-likeness (QED) is 0.771. The van der Waals surface area contributed by atoms with E-state index in [1.54, 1.807) is 13.0 Å². The Balaban J connectivity index is 2.04. The highest BCUT2D eigenvalue weighted by Crippen LogP contribution is 2.19. The molecule has 1 aromatic rings. The van der Waals surface area contributed by atoms with Crippen LogP contribution in [0.1, 0.15) is 22.3 Å². The number of carbonyl (C=O) groups is 2. The van der Waals surface area contributed by atoms with Crippen LogP contribution in [0.5, 0.6) is 0 Å². The lowest BCUT2D eigenvalue weighted by atomic mass is 10.1. The van der Waals surface area contributed by atoms with Crippen LogP contribution in [0.2, 0.25) is 0 Å². The van der Waals surface area contributed by atoms with Gasteiger partial charge in [0.25, 0.3) is 0 Å². The largest absolute Gasteiger partial charge is 0.478 e. The van der Waals surface area contributed by atoms with Crippen molar-refractivity contribution in [1.29, 1.82) is 0 Å². The monoisotopic (exact) mass is 312 g/mol. The Morgan fingerprint density at radius 2 is 2.05 bits per heavy atom. The van der Waals surface area contributed by atoms with Crippen molar-refractivity contribution >= 4 is 27.5 Å². The van der Waals surface area contributed by atoms with Gasteiger partial charge >= 0.3 is 12.0 Å². The number of carbonyl (C=O) groups excluding carboxylic acids is 1. The highest BCUT2D eigenvalue weighted by molar-refractivity contribution is 7.91. The van der Waals surface area contributed by atoms with Gasteiger partial charge in [0.15, 0.2) is 9.84 Å². The molecule has 114 valence electrons. The van der Waals surface area contributed by atoms with Gasteiger partial charge in [-0.15, -0.1) is 0 Å². The molecule has 1 atom stereocenters. The summed E-state index contributed by atoms with van der Waals surface area (Å²) in [5.41, 5.74) is 0.934. The normalized spacial score (nSPS) is 20.0. The third-order valence-electron chi connectivity index (χ3n) is 3.38. The molecular weight excluding hydrogens is 296 g/mol. The zero-order valence-electron chi connectivity index (χ0n) is 11.4. The minimum absolute atomic E-state index is 0.0609. The second-order valence-electron chi connectivity index (χ2n) is 4.98. The first-order valence-electron chi connectivity index (χ1n) is 6.39. The van der Waals surface area contributed by atoms with Crippen LogP contribution < -0.4 is 10.6 Å². The van der Waals surface area contributed by atoms with E-state index in [9.17, 15) is 18.0 Å². The van der Waals surface area contributed by atoms with Gasteiger partial charge < -0.3 is 15.7 Å². The van der Waals surface area contributed by atoms with Gasteiger partial charge in [0, 0.05) is 11.7 Å². The molecule has 3 N–H and O–H groups in total. The van der Waals surface area contributed by atoms with Crippen LogP contribution in [-0.2, 0) is 9.84 Å². The molecule has 1 aliphatic rings. The molecule has 1 aliphatic heterocycles. The van der Waals surface area contributed by atoms with Gasteiger partial charge in [-0.05, 0) is 31.0 Å². The van der Waals surface area contributed by atoms with Gasteiger partial charge in [-0.3, -0.25) is 0 Å². The zero-order chi connectivity index (χ0) is 15.6. The van der Waals surface area contributed by atoms with E-state index in [1.807, 2.05) is 0 Å². The molecule has 1 heterocycles. The SMILES string of the molecule is Cc1c(NC(=O)NC2CCS(=O)(=O)C2)cccc1C(=O)O. The van der Waals surface area contributed by atoms with E-state index in [0.29, 0.717) is 17.7 Å². The second kappa shape index (κ2) is 5.72. The average Bonchev–Trinajstić information content (AvgIpc) is 2.70. The summed E-state index contributed by atoms with van der Waals surface area (Å²) in [6.45, 7) is 1.60. The first-order chi connectivity index (χ1) is 9.78. The number of amides is 2. The molecule has 21 heavy (non-hydrogen) atoms. The van der Waals surface area contributed by atoms with E-state index in [2.05, 4.69) is 10.6 Å². The Morgan fingerprint density at radius 1 is 1.33 bits per heavy atom. The number of carboxylic acids is 1. The summed E-state index contributed by atoms with van der Waals surface area (Å²) in [6.07, 6.45) is 0.393. The number of nitrogens with one attached hydrogen (secondary N) is 2. The summed E-state index contributed by atoms with van der Waals surface area (Å²) >= 11 is 0. The molecule has 0 bridgehead atoms. The van der Waals surface area contributed by atoms with Crippen LogP contribution in [0.15, 0.2) is 18.2 Å². The number of hydrogen-bond donors (Lipinski definition) is 3. The van der Waals surface area contributed by atoms with Crippen molar-refractivity contribution in [2.45, 2.75) is 19.4 Å². The Bertz CT molecular complexity index is 684. The molecule has 0 aliphatic carbocycles. The third kappa shape index (κ3) is 3.72. The standard InChI is InChI=1S/C13H16N2O5S/c1-8-10(12(16)17)3-2-4-11(8)15-13(18)14-9-5-6-21(19,20)7-9/h2-4,9H,5-7H2,1H3,(H,16,17)(H2,14,15,18). The van der Waals surface area contributed by atoms with Crippen LogP contribution in [0.25, 0.3) is 0 Å². The van der Waals surface area contributed by atoms with E-state index in [4.69, 9.17) is 5.11 Å². The van der Waals surface area contributed by atoms with Gasteiger partial charge in [0.2, 0.25) is 0 Å². The molecule has 1 saturated heterocycles. The molecule has 8 heteroatoms. The minimum Gasteiger partial charge on any atom is -0.478 e. The van der Waals surface area contributed by atoms with Crippen molar-refractivity contribution in [3.05, 3.63) is 29.3 Å². The predicted octanol–water partition coefficient (Wildman–Crippen LogP) is 1.00. The van der Waals surface area contributed by atoms with E-state index in [1.165, 1.54) is 12.1 Å². The Labute approximate surface area is 122 Å². The van der Waals surface area contributed by atoms with Crippen molar-refractivity contribution in [3.8, 4) is 0 Å². The van der Waals surface area contributed by atoms with E-state index in [-0.39, 0.29) is 17.1 Å². The second-order valence-corrected chi connectivity index (χ2v) is 7.21. The minimum atomic E-state index is -3.06. The summed E-state index contributed by atoms with van der Waals surface area (Å²) in [5.74, 6) is -1.06. The van der Waals surface area contributed by atoms with Gasteiger partial charge in [0.1, 0.15) is 0 Å². The van der Waals surface area contributed by atoms with Crippen molar-refractivity contribution in [2.75, 3.05) is 16.8 Å². The lowest BCUT2D eigenvalue weighted by molar-refractivity contribution is 0.0696. The molecular formula is C13H16N2O5S. The molecule has 2 rings (SSSR count). The number of anilines is 1. The van der Waals surface area contributed by atoms with Crippen LogP contribution in [-0.4, -0.2) is 43.1 Å². The van der Waals surface area contributed by atoms with Crippen molar-refractivity contribution in [2.24, 2.45) is 0 Å². The molecule has 0 radical (unpaired) electrons. The molecule has 2 amide bonds. The number of rotatable bonds is 3. The first-order valence-corrected chi connectivity index (χ1v) is 8.21. The molecule has 1 aromatic carbocycles. The molecule has 1 unspecified atom stereocenters. The fourth-order valence-corrected chi connectivity index (χ4v) is 3.93. The third-order valence-corrected chi connectivity index (χ3v) is 5.15. The molecule has 1 fully saturated rings. The average molecular weight is 312 g/mol. The topological polar surface area (TPSA) is 113 Å². The zero-order valence-corrected chi connectivity index (χ0v) is 12.2. The molecule has 0 aromatic heterocycles. The summed E-state index contributed by atoms with van der Waals surface area (Å²) in [6, 6.07) is 3.63. The number of urea groups is 1. The Kier molecular flexibility index (Phi) is 4.17. The fraction of sp³-hybridized carbons (Fsp3) is 0.385. The maximum atomic E-state index is 11.8. The van der Waals surface area contributed by atoms with E-state index < -0.39 is 27.9 Å². The molecule has 0 saturated carbocycles. The Hall–Kier alpha value is -2.09. The van der Waals surface area contributed by atoms with Crippen molar-refractivity contribution < 1.29 is 23.1 Å². The first kappa shape index (κ1) is 15.3. The summed E-state index contributed by atoms with van der Waals surface area (Å²) in [4.78, 5) is 22.9. The van der Waals surface area contributed by atoms with E-state index in [0.717, 1.165) is 0 Å². The number of sulfone groups is 1. The van der Waals surface area contributed by atoms with Gasteiger partial charge in [0.05, 0.1) is 17.1 Å². The molecule has 0 spiro atoms. The van der Waals surface area contributed by atoms with Crippen molar-refractivity contribution in [3.63, 3.8) is 0 Å². The number of aromatic carboxylic acids is 1. The number of benzene rings is 1. The number of carboxylic acid groups (broad SMARTS) is 1. The summed E-state index contributed by atoms with van der Waals surface area (Å²) in [7, 11) is -3.06. The van der Waals surface area contributed by atoms with Crippen LogP contribution in [0, 0.1) is 6.92 Å². The van der Waals surface area contributed by atoms with Crippen LogP contribution >= 0.6 is 0 Å². The summed E-state index contributed by atoms with van der Waals surface area (Å²) < 4.78 is 22.6. The summed E-state index contributed by atoms with van der Waals surface area (Å²) in [5, 5.41) is 14.2. The lowest BCUT2D eigenvalue weighted by Gasteiger charge is -2.14. The fourth-order valence-electron chi connectivity index (χ4n) is 2.26. The Morgan fingerprint density at radius 3 is 2.62 bits per heavy atom. The van der Waals surface area contributed by atoms with Crippen LogP contribution in [0.4, 0.5) is 10.5 Å². The maximum Gasteiger partial charge on any atom is 0.336 e. The van der Waals surface area contributed by atoms with E-state index >= 15 is 0 Å². The smallest absolute Gasteiger partial charge is 0.336 e. The highest BCUT2D eigenvalue weighted by atomic mass is 32.2. The van der Waals surface area contributed by atoms with Gasteiger partial charge in [-0.25, -0.2) is 18.0 Å². The maximum absolute atomic E-state index is 11.8. The predicted molar refractivity (Wildman–Crippen MR) is 77.4 cm³/mol. The van der Waals surface area contributed by atoms with Crippen molar-refractivity contribution in [1.82, 2.24) is 5.32 Å². The van der Waals surface area contributed by atoms with Gasteiger partial charge in [-0.2, -0.15) is 0 Å².